The molecule has 2 aliphatic heterocycles. The molecule has 1 aromatic heterocycles. The Hall–Kier alpha value is -2.31. The van der Waals surface area contributed by atoms with E-state index in [-0.39, 0.29) is 11.8 Å². The lowest BCUT2D eigenvalue weighted by Gasteiger charge is -2.21. The molecule has 1 saturated heterocycles. The molecule has 1 atom stereocenters. The summed E-state index contributed by atoms with van der Waals surface area (Å²) in [5.41, 5.74) is -0.176. The van der Waals surface area contributed by atoms with Crippen LogP contribution in [0.4, 0.5) is 0 Å². The van der Waals surface area contributed by atoms with Gasteiger partial charge in [-0.05, 0) is 18.1 Å². The zero-order chi connectivity index (χ0) is 16.4. The van der Waals surface area contributed by atoms with Crippen LogP contribution in [0, 0.1) is 5.92 Å². The molecule has 124 valence electrons. The van der Waals surface area contributed by atoms with Crippen molar-refractivity contribution in [2.75, 3.05) is 19.6 Å². The normalized spacial score (nSPS) is 23.3. The quantitative estimate of drug-likeness (QED) is 0.909. The predicted molar refractivity (Wildman–Crippen MR) is 82.9 cm³/mol. The zero-order valence-corrected chi connectivity index (χ0v) is 13.4. The molecule has 0 unspecified atom stereocenters. The number of nitrogens with zero attached hydrogens (tertiary/aromatic N) is 2. The van der Waals surface area contributed by atoms with Crippen molar-refractivity contribution in [2.24, 2.45) is 11.1 Å². The Balaban J connectivity index is 1.57. The molecule has 2 amide bonds. The van der Waals surface area contributed by atoms with E-state index in [0.717, 1.165) is 0 Å². The summed E-state index contributed by atoms with van der Waals surface area (Å²) < 4.78 is 5.15. The summed E-state index contributed by atoms with van der Waals surface area (Å²) >= 11 is 0. The van der Waals surface area contributed by atoms with E-state index in [2.05, 4.69) is 10.5 Å². The van der Waals surface area contributed by atoms with E-state index in [1.54, 1.807) is 17.0 Å². The van der Waals surface area contributed by atoms with Crippen molar-refractivity contribution in [2.45, 2.75) is 32.3 Å². The fraction of sp³-hybridized carbons (Fsp3) is 0.562. The van der Waals surface area contributed by atoms with E-state index in [1.807, 2.05) is 13.8 Å². The van der Waals surface area contributed by atoms with Gasteiger partial charge in [0.25, 0.3) is 11.8 Å². The molecule has 1 fully saturated rings. The molecule has 0 bridgehead atoms. The number of amides is 2. The van der Waals surface area contributed by atoms with Crippen molar-refractivity contribution >= 4 is 17.5 Å². The average Bonchev–Trinajstić information content (AvgIpc) is 3.26. The summed E-state index contributed by atoms with van der Waals surface area (Å²) in [6, 6.07) is 3.33. The Morgan fingerprint density at radius 1 is 1.48 bits per heavy atom. The van der Waals surface area contributed by atoms with Gasteiger partial charge < -0.3 is 19.5 Å². The number of nitrogens with one attached hydrogen (secondary N) is 1. The van der Waals surface area contributed by atoms with E-state index in [0.29, 0.717) is 49.9 Å². The van der Waals surface area contributed by atoms with Crippen LogP contribution >= 0.6 is 0 Å². The Morgan fingerprint density at radius 3 is 3.00 bits per heavy atom. The van der Waals surface area contributed by atoms with Crippen molar-refractivity contribution in [1.82, 2.24) is 10.2 Å². The van der Waals surface area contributed by atoms with Crippen LogP contribution in [0.3, 0.4) is 0 Å². The number of furan rings is 1. The number of hydrogen-bond donors (Lipinski definition) is 1. The third-order valence-electron chi connectivity index (χ3n) is 4.11. The van der Waals surface area contributed by atoms with Crippen molar-refractivity contribution in [3.8, 4) is 0 Å². The fourth-order valence-corrected chi connectivity index (χ4v) is 2.84. The Kier molecular flexibility index (Phi) is 4.11. The van der Waals surface area contributed by atoms with Crippen LogP contribution in [0.5, 0.6) is 0 Å². The van der Waals surface area contributed by atoms with E-state index < -0.39 is 5.60 Å². The third kappa shape index (κ3) is 3.23. The average molecular weight is 319 g/mol. The fourth-order valence-electron chi connectivity index (χ4n) is 2.84. The van der Waals surface area contributed by atoms with Crippen LogP contribution in [0.1, 0.15) is 37.2 Å². The number of likely N-dealkylation sites (tertiary alicyclic amines) is 1. The summed E-state index contributed by atoms with van der Waals surface area (Å²) in [4.78, 5) is 31.6. The minimum absolute atomic E-state index is 0.159. The van der Waals surface area contributed by atoms with Gasteiger partial charge in [-0.3, -0.25) is 9.59 Å². The van der Waals surface area contributed by atoms with Gasteiger partial charge in [0.15, 0.2) is 11.4 Å². The number of carbonyl (C=O) groups is 2. The van der Waals surface area contributed by atoms with Gasteiger partial charge in [-0.1, -0.05) is 19.0 Å². The molecule has 3 heterocycles. The highest BCUT2D eigenvalue weighted by Gasteiger charge is 2.48. The SMILES string of the molecule is CC(C)CNC(=O)C1=NO[C@]2(CCN(C(=O)c3ccco3)C2)C1. The second kappa shape index (κ2) is 6.06. The first-order valence-electron chi connectivity index (χ1n) is 7.85. The van der Waals surface area contributed by atoms with Gasteiger partial charge in [0, 0.05) is 25.9 Å². The Bertz CT molecular complexity index is 623. The lowest BCUT2D eigenvalue weighted by Crippen LogP contribution is -2.39. The number of hydrogen-bond acceptors (Lipinski definition) is 5. The van der Waals surface area contributed by atoms with Gasteiger partial charge >= 0.3 is 0 Å². The van der Waals surface area contributed by atoms with Crippen LogP contribution in [0.2, 0.25) is 0 Å². The molecule has 23 heavy (non-hydrogen) atoms. The maximum absolute atomic E-state index is 12.3. The van der Waals surface area contributed by atoms with Crippen LogP contribution in [0.25, 0.3) is 0 Å². The number of oxime groups is 1. The van der Waals surface area contributed by atoms with Gasteiger partial charge in [-0.2, -0.15) is 0 Å². The van der Waals surface area contributed by atoms with E-state index >= 15 is 0 Å². The molecule has 0 radical (unpaired) electrons. The maximum atomic E-state index is 12.3. The van der Waals surface area contributed by atoms with E-state index in [9.17, 15) is 9.59 Å². The summed E-state index contributed by atoms with van der Waals surface area (Å²) in [5, 5.41) is 6.79. The van der Waals surface area contributed by atoms with Gasteiger partial charge in [-0.25, -0.2) is 0 Å². The number of rotatable bonds is 4. The van der Waals surface area contributed by atoms with E-state index in [1.165, 1.54) is 6.26 Å². The molecule has 0 aromatic carbocycles. The number of carbonyl (C=O) groups excluding carboxylic acids is 2. The highest BCUT2D eigenvalue weighted by Crippen LogP contribution is 2.34. The Labute approximate surface area is 134 Å². The predicted octanol–water partition coefficient (Wildman–Crippen LogP) is 1.41. The topological polar surface area (TPSA) is 84.1 Å². The maximum Gasteiger partial charge on any atom is 0.289 e. The largest absolute Gasteiger partial charge is 0.459 e. The molecular weight excluding hydrogens is 298 g/mol. The van der Waals surface area contributed by atoms with Crippen molar-refractivity contribution < 1.29 is 18.8 Å². The smallest absolute Gasteiger partial charge is 0.289 e. The van der Waals surface area contributed by atoms with Gasteiger partial charge in [0.2, 0.25) is 0 Å². The second-order valence-electron chi connectivity index (χ2n) is 6.55. The minimum Gasteiger partial charge on any atom is -0.459 e. The molecule has 1 aromatic rings. The molecule has 3 rings (SSSR count). The van der Waals surface area contributed by atoms with Crippen LogP contribution in [0.15, 0.2) is 28.0 Å². The lowest BCUT2D eigenvalue weighted by atomic mass is 9.96. The first kappa shape index (κ1) is 15.6. The Morgan fingerprint density at radius 2 is 2.30 bits per heavy atom. The van der Waals surface area contributed by atoms with Gasteiger partial charge in [0.05, 0.1) is 12.8 Å². The van der Waals surface area contributed by atoms with Crippen LogP contribution in [-0.2, 0) is 9.63 Å². The highest BCUT2D eigenvalue weighted by molar-refractivity contribution is 6.39. The lowest BCUT2D eigenvalue weighted by molar-refractivity contribution is -0.115. The van der Waals surface area contributed by atoms with Crippen molar-refractivity contribution in [3.63, 3.8) is 0 Å². The molecule has 1 N–H and O–H groups in total. The standard InChI is InChI=1S/C16H21N3O4/c1-11(2)9-17-14(20)12-8-16(23-18-12)5-6-19(10-16)15(21)13-4-3-7-22-13/h3-4,7,11H,5-6,8-10H2,1-2H3,(H,17,20)/t16-/m1/s1. The van der Waals surface area contributed by atoms with E-state index in [4.69, 9.17) is 9.25 Å². The molecule has 2 aliphatic rings. The highest BCUT2D eigenvalue weighted by atomic mass is 16.7. The van der Waals surface area contributed by atoms with Crippen LogP contribution < -0.4 is 5.32 Å². The minimum atomic E-state index is -0.577. The molecule has 0 aliphatic carbocycles. The zero-order valence-electron chi connectivity index (χ0n) is 13.4. The van der Waals surface area contributed by atoms with Gasteiger partial charge in [0.1, 0.15) is 5.71 Å². The van der Waals surface area contributed by atoms with Gasteiger partial charge in [-0.15, -0.1) is 0 Å². The molecular formula is C16H21N3O4. The van der Waals surface area contributed by atoms with Crippen molar-refractivity contribution in [3.05, 3.63) is 24.2 Å². The summed E-state index contributed by atoms with van der Waals surface area (Å²) in [5.74, 6) is 0.346. The third-order valence-corrected chi connectivity index (χ3v) is 4.11. The molecule has 7 heteroatoms. The molecule has 7 nitrogen and oxygen atoms in total. The summed E-state index contributed by atoms with van der Waals surface area (Å²) in [6.45, 7) is 5.65. The van der Waals surface area contributed by atoms with Crippen LogP contribution in [-0.4, -0.2) is 47.7 Å². The second-order valence-corrected chi connectivity index (χ2v) is 6.55. The molecule has 1 spiro atoms. The van der Waals surface area contributed by atoms with Crippen molar-refractivity contribution in [1.29, 1.82) is 0 Å². The summed E-state index contributed by atoms with van der Waals surface area (Å²) in [6.07, 6.45) is 2.56. The molecule has 0 saturated carbocycles. The first-order valence-corrected chi connectivity index (χ1v) is 7.85. The first-order chi connectivity index (χ1) is 11.0. The monoisotopic (exact) mass is 319 g/mol. The summed E-state index contributed by atoms with van der Waals surface area (Å²) in [7, 11) is 0.